The SMILES string of the molecule is CCCN(CC(=O)OCC)C(=O)c1c(O)cccc1O. The van der Waals surface area contributed by atoms with E-state index in [1.807, 2.05) is 6.92 Å². The maximum absolute atomic E-state index is 12.3. The van der Waals surface area contributed by atoms with E-state index in [0.29, 0.717) is 13.0 Å². The number of carbonyl (C=O) groups excluding carboxylic acids is 2. The Labute approximate surface area is 117 Å². The smallest absolute Gasteiger partial charge is 0.325 e. The van der Waals surface area contributed by atoms with Crippen LogP contribution >= 0.6 is 0 Å². The highest BCUT2D eigenvalue weighted by Crippen LogP contribution is 2.27. The van der Waals surface area contributed by atoms with E-state index in [9.17, 15) is 19.8 Å². The molecule has 6 nitrogen and oxygen atoms in total. The number of carbonyl (C=O) groups is 2. The summed E-state index contributed by atoms with van der Waals surface area (Å²) in [7, 11) is 0. The van der Waals surface area contributed by atoms with Crippen LogP contribution in [0.5, 0.6) is 11.5 Å². The molecule has 2 N–H and O–H groups in total. The number of ether oxygens (including phenoxy) is 1. The molecular weight excluding hydrogens is 262 g/mol. The molecule has 20 heavy (non-hydrogen) atoms. The molecule has 0 saturated heterocycles. The van der Waals surface area contributed by atoms with Gasteiger partial charge in [0, 0.05) is 6.54 Å². The summed E-state index contributed by atoms with van der Waals surface area (Å²) in [5, 5.41) is 19.4. The summed E-state index contributed by atoms with van der Waals surface area (Å²) in [4.78, 5) is 25.0. The Bertz CT molecular complexity index is 466. The van der Waals surface area contributed by atoms with Crippen LogP contribution in [0.1, 0.15) is 30.6 Å². The normalized spacial score (nSPS) is 10.1. The van der Waals surface area contributed by atoms with Gasteiger partial charge in [0.25, 0.3) is 5.91 Å². The number of amides is 1. The number of hydrogen-bond acceptors (Lipinski definition) is 5. The molecule has 1 aromatic carbocycles. The Hall–Kier alpha value is -2.24. The number of hydrogen-bond donors (Lipinski definition) is 2. The van der Waals surface area contributed by atoms with E-state index < -0.39 is 11.9 Å². The molecule has 0 heterocycles. The van der Waals surface area contributed by atoms with Crippen LogP contribution in [0.4, 0.5) is 0 Å². The number of esters is 1. The van der Waals surface area contributed by atoms with Crippen molar-refractivity contribution in [2.45, 2.75) is 20.3 Å². The van der Waals surface area contributed by atoms with Crippen molar-refractivity contribution in [3.05, 3.63) is 23.8 Å². The topological polar surface area (TPSA) is 87.1 Å². The molecule has 0 atom stereocenters. The second kappa shape index (κ2) is 7.37. The van der Waals surface area contributed by atoms with Crippen molar-refractivity contribution in [1.29, 1.82) is 0 Å². The first kappa shape index (κ1) is 15.8. The fourth-order valence-electron chi connectivity index (χ4n) is 1.79. The zero-order valence-electron chi connectivity index (χ0n) is 11.6. The molecule has 0 saturated carbocycles. The van der Waals surface area contributed by atoms with Crippen molar-refractivity contribution >= 4 is 11.9 Å². The summed E-state index contributed by atoms with van der Waals surface area (Å²) in [6.07, 6.45) is 0.638. The molecule has 0 aliphatic heterocycles. The monoisotopic (exact) mass is 281 g/mol. The zero-order valence-corrected chi connectivity index (χ0v) is 11.6. The van der Waals surface area contributed by atoms with Crippen LogP contribution in [-0.2, 0) is 9.53 Å². The van der Waals surface area contributed by atoms with Gasteiger partial charge in [0.15, 0.2) is 0 Å². The Morgan fingerprint density at radius 1 is 1.20 bits per heavy atom. The number of aromatic hydroxyl groups is 2. The van der Waals surface area contributed by atoms with Gasteiger partial charge in [-0.2, -0.15) is 0 Å². The van der Waals surface area contributed by atoms with Crippen molar-refractivity contribution in [2.24, 2.45) is 0 Å². The lowest BCUT2D eigenvalue weighted by atomic mass is 10.1. The molecule has 0 fully saturated rings. The molecule has 0 spiro atoms. The molecule has 0 radical (unpaired) electrons. The van der Waals surface area contributed by atoms with Crippen LogP contribution in [-0.4, -0.2) is 46.7 Å². The maximum Gasteiger partial charge on any atom is 0.325 e. The Morgan fingerprint density at radius 3 is 2.30 bits per heavy atom. The highest BCUT2D eigenvalue weighted by Gasteiger charge is 2.24. The number of nitrogens with zero attached hydrogens (tertiary/aromatic N) is 1. The number of benzene rings is 1. The van der Waals surface area contributed by atoms with Crippen molar-refractivity contribution in [2.75, 3.05) is 19.7 Å². The zero-order chi connectivity index (χ0) is 15.1. The van der Waals surface area contributed by atoms with Gasteiger partial charge in [-0.25, -0.2) is 0 Å². The molecular formula is C14H19NO5. The first-order chi connectivity index (χ1) is 9.51. The van der Waals surface area contributed by atoms with Crippen molar-refractivity contribution in [3.8, 4) is 11.5 Å². The van der Waals surface area contributed by atoms with Gasteiger partial charge in [0.05, 0.1) is 6.61 Å². The van der Waals surface area contributed by atoms with E-state index in [0.717, 1.165) is 0 Å². The number of phenolic OH excluding ortho intramolecular Hbond substituents is 2. The van der Waals surface area contributed by atoms with E-state index in [2.05, 4.69) is 0 Å². The minimum atomic E-state index is -0.601. The lowest BCUT2D eigenvalue weighted by Gasteiger charge is -2.21. The summed E-state index contributed by atoms with van der Waals surface area (Å²) in [6.45, 7) is 3.88. The van der Waals surface area contributed by atoms with Gasteiger partial charge in [0.2, 0.25) is 0 Å². The highest BCUT2D eigenvalue weighted by atomic mass is 16.5. The van der Waals surface area contributed by atoms with Gasteiger partial charge in [-0.1, -0.05) is 13.0 Å². The second-order valence-corrected chi connectivity index (χ2v) is 4.20. The number of phenols is 2. The molecule has 110 valence electrons. The molecule has 0 aliphatic rings. The van der Waals surface area contributed by atoms with E-state index >= 15 is 0 Å². The minimum Gasteiger partial charge on any atom is -0.507 e. The summed E-state index contributed by atoms with van der Waals surface area (Å²) in [5.41, 5.74) is -0.203. The molecule has 0 bridgehead atoms. The van der Waals surface area contributed by atoms with Gasteiger partial charge in [-0.05, 0) is 25.5 Å². The summed E-state index contributed by atoms with van der Waals surface area (Å²) in [5.74, 6) is -1.76. The van der Waals surface area contributed by atoms with Gasteiger partial charge in [-0.3, -0.25) is 9.59 Å². The Morgan fingerprint density at radius 2 is 1.80 bits per heavy atom. The first-order valence-electron chi connectivity index (χ1n) is 6.47. The first-order valence-corrected chi connectivity index (χ1v) is 6.47. The standard InChI is InChI=1S/C14H19NO5/c1-3-8-15(9-12(18)20-4-2)14(19)13-10(16)6-5-7-11(13)17/h5-7,16-17H,3-4,8-9H2,1-2H3. The van der Waals surface area contributed by atoms with E-state index in [1.165, 1.54) is 23.1 Å². The molecule has 1 rings (SSSR count). The molecule has 0 aliphatic carbocycles. The molecule has 1 aromatic rings. The molecule has 6 heteroatoms. The molecule has 1 amide bonds. The van der Waals surface area contributed by atoms with E-state index in [4.69, 9.17) is 4.74 Å². The van der Waals surface area contributed by atoms with Crippen LogP contribution in [0.2, 0.25) is 0 Å². The van der Waals surface area contributed by atoms with Gasteiger partial charge >= 0.3 is 5.97 Å². The molecule has 0 aromatic heterocycles. The Balaban J connectivity index is 2.96. The predicted octanol–water partition coefficient (Wildman–Crippen LogP) is 1.51. The lowest BCUT2D eigenvalue weighted by molar-refractivity contribution is -0.143. The maximum atomic E-state index is 12.3. The fourth-order valence-corrected chi connectivity index (χ4v) is 1.79. The van der Waals surface area contributed by atoms with Crippen molar-refractivity contribution in [1.82, 2.24) is 4.90 Å². The summed E-state index contributed by atoms with van der Waals surface area (Å²) < 4.78 is 4.81. The third kappa shape index (κ3) is 3.88. The summed E-state index contributed by atoms with van der Waals surface area (Å²) >= 11 is 0. The Kier molecular flexibility index (Phi) is 5.83. The van der Waals surface area contributed by atoms with E-state index in [-0.39, 0.29) is 30.2 Å². The lowest BCUT2D eigenvalue weighted by Crippen LogP contribution is -2.37. The van der Waals surface area contributed by atoms with Gasteiger partial charge < -0.3 is 19.8 Å². The van der Waals surface area contributed by atoms with Crippen LogP contribution in [0, 0.1) is 0 Å². The fraction of sp³-hybridized carbons (Fsp3) is 0.429. The van der Waals surface area contributed by atoms with Crippen LogP contribution in [0.15, 0.2) is 18.2 Å². The second-order valence-electron chi connectivity index (χ2n) is 4.20. The van der Waals surface area contributed by atoms with Crippen molar-refractivity contribution < 1.29 is 24.5 Å². The third-order valence-electron chi connectivity index (χ3n) is 2.64. The number of rotatable bonds is 6. The quantitative estimate of drug-likeness (QED) is 0.772. The predicted molar refractivity (Wildman–Crippen MR) is 72.6 cm³/mol. The summed E-state index contributed by atoms with van der Waals surface area (Å²) in [6, 6.07) is 4.04. The molecule has 0 unspecified atom stereocenters. The van der Waals surface area contributed by atoms with Crippen LogP contribution < -0.4 is 0 Å². The average Bonchev–Trinajstić information content (AvgIpc) is 2.38. The van der Waals surface area contributed by atoms with E-state index in [1.54, 1.807) is 6.92 Å². The third-order valence-corrected chi connectivity index (χ3v) is 2.64. The largest absolute Gasteiger partial charge is 0.507 e. The van der Waals surface area contributed by atoms with Crippen LogP contribution in [0.3, 0.4) is 0 Å². The van der Waals surface area contributed by atoms with Crippen molar-refractivity contribution in [3.63, 3.8) is 0 Å². The van der Waals surface area contributed by atoms with Gasteiger partial charge in [-0.15, -0.1) is 0 Å². The highest BCUT2D eigenvalue weighted by molar-refractivity contribution is 6.00. The van der Waals surface area contributed by atoms with Gasteiger partial charge in [0.1, 0.15) is 23.6 Å². The minimum absolute atomic E-state index is 0.203. The average molecular weight is 281 g/mol. The van der Waals surface area contributed by atoms with Crippen LogP contribution in [0.25, 0.3) is 0 Å².